The molecular formula is C27H46ClNO2. The lowest BCUT2D eigenvalue weighted by Crippen LogP contribution is -2.63. The molecule has 0 aliphatic heterocycles. The molecule has 4 rings (SSSR count). The van der Waals surface area contributed by atoms with Gasteiger partial charge in [0.25, 0.3) is 5.00 Å². The van der Waals surface area contributed by atoms with E-state index in [9.17, 15) is 10.1 Å². The maximum absolute atomic E-state index is 12.5. The summed E-state index contributed by atoms with van der Waals surface area (Å²) in [5.74, 6) is 3.53. The molecule has 0 unspecified atom stereocenters. The Labute approximate surface area is 195 Å². The van der Waals surface area contributed by atoms with E-state index in [0.717, 1.165) is 25.2 Å². The summed E-state index contributed by atoms with van der Waals surface area (Å²) >= 11 is 7.14. The summed E-state index contributed by atoms with van der Waals surface area (Å²) < 4.78 is 0. The number of hydrogen-bond donors (Lipinski definition) is 0. The minimum atomic E-state index is -1.24. The van der Waals surface area contributed by atoms with Crippen molar-refractivity contribution in [1.29, 1.82) is 0 Å². The second kappa shape index (κ2) is 8.48. The van der Waals surface area contributed by atoms with Gasteiger partial charge < -0.3 is 0 Å². The molecule has 3 nitrogen and oxygen atoms in total. The summed E-state index contributed by atoms with van der Waals surface area (Å²) in [7, 11) is 0. The van der Waals surface area contributed by atoms with Gasteiger partial charge in [-0.3, -0.25) is 10.1 Å². The molecule has 0 aromatic carbocycles. The minimum Gasteiger partial charge on any atom is -0.263 e. The fraction of sp³-hybridized carbons (Fsp3) is 1.00. The van der Waals surface area contributed by atoms with E-state index in [1.54, 1.807) is 0 Å². The molecule has 4 fully saturated rings. The second-order valence-corrected chi connectivity index (χ2v) is 13.7. The molecule has 4 heteroatoms. The van der Waals surface area contributed by atoms with Crippen LogP contribution in [0.2, 0.25) is 0 Å². The van der Waals surface area contributed by atoms with Crippen LogP contribution in [0.25, 0.3) is 0 Å². The number of fused-ring (bicyclic) bond motifs is 5. The molecule has 31 heavy (non-hydrogen) atoms. The highest BCUT2D eigenvalue weighted by Crippen LogP contribution is 2.71. The molecule has 0 aromatic heterocycles. The van der Waals surface area contributed by atoms with Gasteiger partial charge in [-0.25, -0.2) is 0 Å². The van der Waals surface area contributed by atoms with E-state index in [2.05, 4.69) is 34.6 Å². The standard InChI is InChI=1S/C27H46ClNO2/c1-18(2)9-8-10-19(3)21-12-13-22-24-23(14-16-26(21,22)5)25(4)15-7-6-11-20(25)17-27(24,28)29(30)31/h18-24H,6-17H2,1-5H3/t19-,20-,21-,22+,23+,24+,25+,26-,27+/m1/s1. The van der Waals surface area contributed by atoms with Crippen molar-refractivity contribution >= 4 is 11.6 Å². The van der Waals surface area contributed by atoms with E-state index in [1.807, 2.05) is 0 Å². The monoisotopic (exact) mass is 451 g/mol. The van der Waals surface area contributed by atoms with Gasteiger partial charge in [-0.05, 0) is 96.5 Å². The van der Waals surface area contributed by atoms with Crippen LogP contribution in [0.1, 0.15) is 112 Å². The average Bonchev–Trinajstić information content (AvgIpc) is 3.05. The van der Waals surface area contributed by atoms with Crippen molar-refractivity contribution in [2.24, 2.45) is 52.3 Å². The number of halogens is 1. The normalized spacial score (nSPS) is 48.0. The summed E-state index contributed by atoms with van der Waals surface area (Å²) in [4.78, 5) is 11.2. The van der Waals surface area contributed by atoms with Gasteiger partial charge in [0, 0.05) is 11.3 Å². The van der Waals surface area contributed by atoms with Crippen molar-refractivity contribution < 1.29 is 4.92 Å². The molecule has 0 saturated heterocycles. The first-order valence-corrected chi connectivity index (χ1v) is 13.7. The van der Waals surface area contributed by atoms with Gasteiger partial charge in [0.15, 0.2) is 0 Å². The quantitative estimate of drug-likeness (QED) is 0.176. The highest BCUT2D eigenvalue weighted by molar-refractivity contribution is 6.23. The first-order valence-electron chi connectivity index (χ1n) is 13.4. The summed E-state index contributed by atoms with van der Waals surface area (Å²) in [5.41, 5.74) is 0.492. The zero-order chi connectivity index (χ0) is 22.6. The third kappa shape index (κ3) is 3.77. The van der Waals surface area contributed by atoms with Crippen LogP contribution in [0.5, 0.6) is 0 Å². The fourth-order valence-electron chi connectivity index (χ4n) is 9.45. The zero-order valence-corrected chi connectivity index (χ0v) is 21.4. The summed E-state index contributed by atoms with van der Waals surface area (Å²) in [6.45, 7) is 12.1. The summed E-state index contributed by atoms with van der Waals surface area (Å²) in [6, 6.07) is 0. The summed E-state index contributed by atoms with van der Waals surface area (Å²) in [6.07, 6.45) is 14.2. The molecule has 0 aromatic rings. The van der Waals surface area contributed by atoms with Gasteiger partial charge in [-0.2, -0.15) is 0 Å². The lowest BCUT2D eigenvalue weighted by atomic mass is 9.43. The van der Waals surface area contributed by atoms with E-state index in [1.165, 1.54) is 51.4 Å². The third-order valence-corrected chi connectivity index (χ3v) is 11.7. The molecule has 0 amide bonds. The van der Waals surface area contributed by atoms with Gasteiger partial charge in [-0.15, -0.1) is 0 Å². The Kier molecular flexibility index (Phi) is 6.52. The van der Waals surface area contributed by atoms with E-state index in [0.29, 0.717) is 36.0 Å². The van der Waals surface area contributed by atoms with Crippen LogP contribution in [0.3, 0.4) is 0 Å². The maximum Gasteiger partial charge on any atom is 0.298 e. The predicted octanol–water partition coefficient (Wildman–Crippen LogP) is 8.32. The van der Waals surface area contributed by atoms with Crippen LogP contribution in [-0.4, -0.2) is 9.92 Å². The largest absolute Gasteiger partial charge is 0.298 e. The highest BCUT2D eigenvalue weighted by atomic mass is 35.5. The lowest BCUT2D eigenvalue weighted by Gasteiger charge is -2.62. The average molecular weight is 452 g/mol. The van der Waals surface area contributed by atoms with Gasteiger partial charge >= 0.3 is 0 Å². The molecule has 9 atom stereocenters. The Bertz CT molecular complexity index is 682. The Morgan fingerprint density at radius 2 is 1.68 bits per heavy atom. The summed E-state index contributed by atoms with van der Waals surface area (Å²) in [5, 5.41) is 12.5. The molecule has 0 spiro atoms. The number of nitrogens with zero attached hydrogens (tertiary/aromatic N) is 1. The first kappa shape index (κ1) is 23.8. The van der Waals surface area contributed by atoms with E-state index < -0.39 is 5.00 Å². The molecule has 178 valence electrons. The van der Waals surface area contributed by atoms with Gasteiger partial charge in [0.2, 0.25) is 0 Å². The number of nitro groups is 1. The molecule has 4 aliphatic rings. The van der Waals surface area contributed by atoms with Crippen LogP contribution in [0.15, 0.2) is 0 Å². The highest BCUT2D eigenvalue weighted by Gasteiger charge is 2.70. The fourth-order valence-corrected chi connectivity index (χ4v) is 9.94. The van der Waals surface area contributed by atoms with E-state index in [-0.39, 0.29) is 21.7 Å². The minimum absolute atomic E-state index is 0.0501. The molecule has 0 N–H and O–H groups in total. The molecule has 0 heterocycles. The Hall–Kier alpha value is -0.310. The maximum atomic E-state index is 12.5. The van der Waals surface area contributed by atoms with Crippen LogP contribution >= 0.6 is 11.6 Å². The van der Waals surface area contributed by atoms with Crippen LogP contribution in [0.4, 0.5) is 0 Å². The zero-order valence-electron chi connectivity index (χ0n) is 20.7. The Morgan fingerprint density at radius 3 is 2.35 bits per heavy atom. The van der Waals surface area contributed by atoms with Crippen molar-refractivity contribution in [3.63, 3.8) is 0 Å². The first-order chi connectivity index (χ1) is 14.5. The van der Waals surface area contributed by atoms with Gasteiger partial charge in [0.05, 0.1) is 5.92 Å². The van der Waals surface area contributed by atoms with Crippen LogP contribution < -0.4 is 0 Å². The van der Waals surface area contributed by atoms with E-state index in [4.69, 9.17) is 11.6 Å². The van der Waals surface area contributed by atoms with Gasteiger partial charge in [0.1, 0.15) is 0 Å². The number of rotatable bonds is 6. The molecule has 4 saturated carbocycles. The molecule has 0 radical (unpaired) electrons. The van der Waals surface area contributed by atoms with Gasteiger partial charge in [-0.1, -0.05) is 66.7 Å². The molecule has 0 bridgehead atoms. The Morgan fingerprint density at radius 1 is 0.968 bits per heavy atom. The van der Waals surface area contributed by atoms with Crippen molar-refractivity contribution in [2.45, 2.75) is 117 Å². The second-order valence-electron chi connectivity index (χ2n) is 13.0. The van der Waals surface area contributed by atoms with Crippen molar-refractivity contribution in [1.82, 2.24) is 0 Å². The van der Waals surface area contributed by atoms with Crippen molar-refractivity contribution in [3.8, 4) is 0 Å². The topological polar surface area (TPSA) is 43.1 Å². The third-order valence-electron chi connectivity index (χ3n) is 11.1. The van der Waals surface area contributed by atoms with Crippen molar-refractivity contribution in [2.75, 3.05) is 0 Å². The molecule has 4 aliphatic carbocycles. The van der Waals surface area contributed by atoms with Crippen molar-refractivity contribution in [3.05, 3.63) is 10.1 Å². The molecular weight excluding hydrogens is 406 g/mol. The number of alkyl halides is 1. The van der Waals surface area contributed by atoms with Crippen LogP contribution in [-0.2, 0) is 0 Å². The van der Waals surface area contributed by atoms with E-state index >= 15 is 0 Å². The lowest BCUT2D eigenvalue weighted by molar-refractivity contribution is -0.568. The Balaban J connectivity index is 1.62. The number of hydrogen-bond acceptors (Lipinski definition) is 2. The predicted molar refractivity (Wildman–Crippen MR) is 129 cm³/mol. The van der Waals surface area contributed by atoms with Crippen LogP contribution in [0, 0.1) is 62.4 Å². The SMILES string of the molecule is CC(C)CCC[C@@H](C)[C@H]1CC[C@H]2[C@H]3[C@H](CC[C@]12C)[C@@]1(C)CCCC[C@@H]1C[C@]3(Cl)[N+](=O)[O-]. The smallest absolute Gasteiger partial charge is 0.263 e.